The summed E-state index contributed by atoms with van der Waals surface area (Å²) in [7, 11) is -4.49. The second-order valence-corrected chi connectivity index (χ2v) is 16.0. The van der Waals surface area contributed by atoms with Gasteiger partial charge in [-0.05, 0) is 68.1 Å². The molecule has 244 valence electrons. The van der Waals surface area contributed by atoms with Crippen LogP contribution in [0.25, 0.3) is 10.6 Å². The Morgan fingerprint density at radius 1 is 1.00 bits per heavy atom. The number of carboxylic acids is 1. The van der Waals surface area contributed by atoms with Crippen LogP contribution in [-0.4, -0.2) is 47.2 Å². The van der Waals surface area contributed by atoms with Crippen LogP contribution in [0.4, 0.5) is 15.0 Å². The van der Waals surface area contributed by atoms with Crippen molar-refractivity contribution in [3.05, 3.63) is 95.4 Å². The maximum absolute atomic E-state index is 14.3. The van der Waals surface area contributed by atoms with E-state index in [9.17, 15) is 27.5 Å². The summed E-state index contributed by atoms with van der Waals surface area (Å²) in [4.78, 5) is 33.5. The Morgan fingerprint density at radius 2 is 1.63 bits per heavy atom. The van der Waals surface area contributed by atoms with E-state index in [1.165, 1.54) is 29.5 Å². The molecule has 2 heterocycles. The highest BCUT2D eigenvalue weighted by Gasteiger charge is 2.46. The van der Waals surface area contributed by atoms with Crippen molar-refractivity contribution in [3.63, 3.8) is 0 Å². The largest absolute Gasteiger partial charge is 0.480 e. The fraction of sp³-hybridized carbons (Fsp3) is 0.333. The van der Waals surface area contributed by atoms with Gasteiger partial charge in [0.2, 0.25) is 9.84 Å². The van der Waals surface area contributed by atoms with Gasteiger partial charge in [-0.1, -0.05) is 51.1 Å². The predicted octanol–water partition coefficient (Wildman–Crippen LogP) is 6.41. The number of carbonyl (C=O) groups is 2. The van der Waals surface area contributed by atoms with E-state index in [1.807, 2.05) is 5.38 Å². The van der Waals surface area contributed by atoms with Crippen molar-refractivity contribution in [1.82, 2.24) is 9.97 Å². The molecule has 0 fully saturated rings. The summed E-state index contributed by atoms with van der Waals surface area (Å²) in [5.41, 5.74) is 6.12. The van der Waals surface area contributed by atoms with E-state index in [0.717, 1.165) is 39.7 Å². The molecule has 0 aliphatic carbocycles. The van der Waals surface area contributed by atoms with Gasteiger partial charge in [0.1, 0.15) is 28.3 Å². The highest BCUT2D eigenvalue weighted by atomic mass is 32.2. The van der Waals surface area contributed by atoms with Crippen molar-refractivity contribution in [2.75, 3.05) is 4.90 Å². The number of nitrogens with two attached hydrogens (primary N) is 1. The van der Waals surface area contributed by atoms with Crippen LogP contribution in [0.2, 0.25) is 0 Å². The Balaban J connectivity index is 1.90. The zero-order valence-corrected chi connectivity index (χ0v) is 28.0. The third kappa shape index (κ3) is 7.43. The summed E-state index contributed by atoms with van der Waals surface area (Å²) in [6.45, 7) is 9.86. The molecule has 3 N–H and O–H groups in total. The molecule has 2 atom stereocenters. The van der Waals surface area contributed by atoms with Gasteiger partial charge in [-0.3, -0.25) is 0 Å². The van der Waals surface area contributed by atoms with Crippen LogP contribution < -0.4 is 10.6 Å². The molecule has 4 aromatic rings. The summed E-state index contributed by atoms with van der Waals surface area (Å²) in [5.74, 6) is -2.12. The highest BCUT2D eigenvalue weighted by molar-refractivity contribution is 7.92. The number of ether oxygens (including phenoxy) is 1. The fourth-order valence-corrected chi connectivity index (χ4v) is 7.19. The first-order valence-corrected chi connectivity index (χ1v) is 16.7. The van der Waals surface area contributed by atoms with Crippen molar-refractivity contribution in [2.24, 2.45) is 11.1 Å². The average Bonchev–Trinajstić information content (AvgIpc) is 3.50. The SMILES string of the molecule is CC(C)(C)OC(=O)N(c1cccc(C(N)(Cc2ccc(-c3nccs3)cc2)S(=O)(=O)c2ccc(F)cc2)n1)C(C(=O)O)C(C)(C)C. The lowest BCUT2D eigenvalue weighted by Crippen LogP contribution is -2.54. The van der Waals surface area contributed by atoms with Crippen molar-refractivity contribution < 1.29 is 32.2 Å². The molecule has 2 aromatic heterocycles. The van der Waals surface area contributed by atoms with Crippen molar-refractivity contribution in [1.29, 1.82) is 0 Å². The maximum Gasteiger partial charge on any atom is 0.416 e. The Hall–Kier alpha value is -4.20. The molecule has 0 saturated heterocycles. The van der Waals surface area contributed by atoms with Gasteiger partial charge in [0.15, 0.2) is 4.87 Å². The lowest BCUT2D eigenvalue weighted by Gasteiger charge is -2.38. The van der Waals surface area contributed by atoms with Crippen LogP contribution in [-0.2, 0) is 30.7 Å². The first-order valence-electron chi connectivity index (χ1n) is 14.3. The number of sulfone groups is 1. The number of hydrogen-bond donors (Lipinski definition) is 2. The number of nitrogens with zero attached hydrogens (tertiary/aromatic N) is 3. The molecule has 13 heteroatoms. The minimum absolute atomic E-state index is 0.162. The molecule has 4 rings (SSSR count). The zero-order chi connectivity index (χ0) is 34.1. The quantitative estimate of drug-likeness (QED) is 0.193. The van der Waals surface area contributed by atoms with Gasteiger partial charge in [0.25, 0.3) is 0 Å². The molecule has 0 radical (unpaired) electrons. The Bertz CT molecular complexity index is 1800. The molecule has 0 aliphatic rings. The van der Waals surface area contributed by atoms with Gasteiger partial charge in [0.05, 0.1) is 10.6 Å². The summed E-state index contributed by atoms with van der Waals surface area (Å²) in [5, 5.41) is 12.9. The molecule has 0 saturated carbocycles. The van der Waals surface area contributed by atoms with Gasteiger partial charge in [-0.15, -0.1) is 11.3 Å². The summed E-state index contributed by atoms with van der Waals surface area (Å²) >= 11 is 1.45. The molecular formula is C33H37FN4O6S2. The van der Waals surface area contributed by atoms with Gasteiger partial charge in [0, 0.05) is 23.6 Å². The van der Waals surface area contributed by atoms with Crippen LogP contribution in [0.3, 0.4) is 0 Å². The molecular weight excluding hydrogens is 632 g/mol. The fourth-order valence-electron chi connectivity index (χ4n) is 4.89. The molecule has 10 nitrogen and oxygen atoms in total. The Kier molecular flexibility index (Phi) is 9.72. The third-order valence-electron chi connectivity index (χ3n) is 7.02. The van der Waals surface area contributed by atoms with Crippen molar-refractivity contribution in [2.45, 2.75) is 69.4 Å². The molecule has 1 amide bonds. The molecule has 0 bridgehead atoms. The molecule has 2 aromatic carbocycles. The summed E-state index contributed by atoms with van der Waals surface area (Å²) < 4.78 is 48.1. The monoisotopic (exact) mass is 668 g/mol. The first kappa shape index (κ1) is 34.7. The van der Waals surface area contributed by atoms with Crippen LogP contribution >= 0.6 is 11.3 Å². The maximum atomic E-state index is 14.3. The van der Waals surface area contributed by atoms with Crippen LogP contribution in [0.1, 0.15) is 52.8 Å². The molecule has 46 heavy (non-hydrogen) atoms. The second-order valence-electron chi connectivity index (χ2n) is 12.9. The van der Waals surface area contributed by atoms with E-state index in [0.29, 0.717) is 5.56 Å². The number of rotatable bonds is 9. The van der Waals surface area contributed by atoms with Gasteiger partial charge >= 0.3 is 12.1 Å². The molecule has 0 aliphatic heterocycles. The van der Waals surface area contributed by atoms with E-state index in [-0.39, 0.29) is 22.8 Å². The predicted molar refractivity (Wildman–Crippen MR) is 175 cm³/mol. The molecule has 0 spiro atoms. The van der Waals surface area contributed by atoms with E-state index in [4.69, 9.17) is 10.5 Å². The lowest BCUT2D eigenvalue weighted by atomic mass is 9.85. The van der Waals surface area contributed by atoms with Crippen molar-refractivity contribution in [3.8, 4) is 10.6 Å². The number of benzene rings is 2. The smallest absolute Gasteiger partial charge is 0.416 e. The summed E-state index contributed by atoms with van der Waals surface area (Å²) in [6.07, 6.45) is 0.429. The molecule has 2 unspecified atom stereocenters. The second kappa shape index (κ2) is 12.9. The first-order chi connectivity index (χ1) is 21.3. The lowest BCUT2D eigenvalue weighted by molar-refractivity contribution is -0.141. The number of hydrogen-bond acceptors (Lipinski definition) is 9. The Labute approximate surface area is 272 Å². The van der Waals surface area contributed by atoms with Crippen molar-refractivity contribution >= 4 is 39.1 Å². The Morgan fingerprint density at radius 3 is 2.15 bits per heavy atom. The third-order valence-corrected chi connectivity index (χ3v) is 10.0. The van der Waals surface area contributed by atoms with Crippen LogP contribution in [0, 0.1) is 11.2 Å². The standard InChI is InChI=1S/C33H37FN4O6S2/c1-31(2,3)27(29(39)40)38(30(41)44-32(4,5)6)26-9-7-8-25(37-26)33(35,46(42,43)24-16-14-23(34)15-17-24)20-21-10-12-22(13-11-21)28-36-18-19-45-28/h7-19,27H,20,35H2,1-6H3,(H,39,40). The number of thiazole rings is 1. The number of anilines is 1. The average molecular weight is 669 g/mol. The van der Waals surface area contributed by atoms with Gasteiger partial charge < -0.3 is 15.6 Å². The minimum atomic E-state index is -4.49. The zero-order valence-electron chi connectivity index (χ0n) is 26.4. The van der Waals surface area contributed by atoms with E-state index in [2.05, 4.69) is 9.97 Å². The van der Waals surface area contributed by atoms with Gasteiger partial charge in [-0.25, -0.2) is 37.3 Å². The van der Waals surface area contributed by atoms with E-state index >= 15 is 0 Å². The summed E-state index contributed by atoms with van der Waals surface area (Å²) in [6, 6.07) is 14.1. The minimum Gasteiger partial charge on any atom is -0.480 e. The number of carboxylic acid groups (broad SMARTS) is 1. The number of carbonyl (C=O) groups excluding carboxylic acids is 1. The van der Waals surface area contributed by atoms with Gasteiger partial charge in [-0.2, -0.15) is 0 Å². The van der Waals surface area contributed by atoms with E-state index in [1.54, 1.807) is 72.0 Å². The number of aliphatic carboxylic acids is 1. The van der Waals surface area contributed by atoms with E-state index < -0.39 is 49.6 Å². The highest BCUT2D eigenvalue weighted by Crippen LogP contribution is 2.37. The number of amides is 1. The van der Waals surface area contributed by atoms with Crippen LogP contribution in [0.5, 0.6) is 0 Å². The number of halogens is 1. The topological polar surface area (TPSA) is 153 Å². The number of pyridine rings is 1. The number of aromatic nitrogens is 2. The normalized spacial score (nSPS) is 14.3. The van der Waals surface area contributed by atoms with Crippen LogP contribution in [0.15, 0.2) is 83.2 Å².